The van der Waals surface area contributed by atoms with Crippen molar-refractivity contribution in [2.24, 2.45) is 5.14 Å². The predicted octanol–water partition coefficient (Wildman–Crippen LogP) is 1.16. The third-order valence-corrected chi connectivity index (χ3v) is 8.13. The normalized spacial score (nSPS) is 14.7. The Morgan fingerprint density at radius 1 is 1.00 bits per heavy atom. The molecule has 1 aliphatic rings. The van der Waals surface area contributed by atoms with Crippen molar-refractivity contribution in [2.75, 3.05) is 38.6 Å². The molecule has 1 amide bonds. The largest absolute Gasteiger partial charge is 0.371 e. The number of nitrogens with one attached hydrogen (secondary N) is 1. The zero-order chi connectivity index (χ0) is 23.5. The second kappa shape index (κ2) is 9.57. The molecular formula is C21H28N4O5S2. The summed E-state index contributed by atoms with van der Waals surface area (Å²) in [6.07, 6.45) is 2.52. The van der Waals surface area contributed by atoms with E-state index in [1.165, 1.54) is 38.4 Å². The summed E-state index contributed by atoms with van der Waals surface area (Å²) in [5.41, 5.74) is 1.87. The first-order valence-corrected chi connectivity index (χ1v) is 13.2. The van der Waals surface area contributed by atoms with Crippen LogP contribution >= 0.6 is 0 Å². The minimum atomic E-state index is -3.75. The molecule has 0 bridgehead atoms. The molecular weight excluding hydrogens is 452 g/mol. The lowest BCUT2D eigenvalue weighted by molar-refractivity contribution is 0.0954. The smallest absolute Gasteiger partial charge is 0.253 e. The van der Waals surface area contributed by atoms with Gasteiger partial charge in [0.15, 0.2) is 0 Å². The van der Waals surface area contributed by atoms with E-state index in [1.807, 2.05) is 0 Å². The Bertz CT molecular complexity index is 1190. The second-order valence-electron chi connectivity index (χ2n) is 7.86. The van der Waals surface area contributed by atoms with E-state index in [-0.39, 0.29) is 15.7 Å². The van der Waals surface area contributed by atoms with E-state index in [0.717, 1.165) is 41.5 Å². The molecule has 1 heterocycles. The molecule has 174 valence electrons. The van der Waals surface area contributed by atoms with E-state index in [4.69, 9.17) is 5.14 Å². The summed E-state index contributed by atoms with van der Waals surface area (Å²) in [6, 6.07) is 10.8. The molecule has 1 fully saturated rings. The average molecular weight is 481 g/mol. The summed E-state index contributed by atoms with van der Waals surface area (Å²) in [5, 5.41) is 7.95. The molecule has 1 saturated heterocycles. The Labute approximate surface area is 189 Å². The maximum Gasteiger partial charge on any atom is 0.253 e. The third-order valence-electron chi connectivity index (χ3n) is 5.39. The molecule has 2 aromatic rings. The van der Waals surface area contributed by atoms with Crippen LogP contribution < -0.4 is 15.4 Å². The molecule has 0 spiro atoms. The highest BCUT2D eigenvalue weighted by Gasteiger charge is 2.24. The molecule has 2 aromatic carbocycles. The van der Waals surface area contributed by atoms with Gasteiger partial charge in [0.05, 0.1) is 15.4 Å². The molecule has 0 unspecified atom stereocenters. The van der Waals surface area contributed by atoms with Gasteiger partial charge < -0.3 is 10.2 Å². The minimum Gasteiger partial charge on any atom is -0.371 e. The maximum atomic E-state index is 13.0. The fourth-order valence-electron chi connectivity index (χ4n) is 3.56. The van der Waals surface area contributed by atoms with Gasteiger partial charge in [0.1, 0.15) is 0 Å². The Hall–Kier alpha value is -2.47. The van der Waals surface area contributed by atoms with Gasteiger partial charge in [-0.2, -0.15) is 0 Å². The van der Waals surface area contributed by atoms with Crippen molar-refractivity contribution in [1.29, 1.82) is 0 Å². The van der Waals surface area contributed by atoms with Crippen LogP contribution in [0.3, 0.4) is 0 Å². The minimum absolute atomic E-state index is 0.0273. The lowest BCUT2D eigenvalue weighted by atomic mass is 10.1. The van der Waals surface area contributed by atoms with Gasteiger partial charge in [-0.25, -0.2) is 26.3 Å². The average Bonchev–Trinajstić information content (AvgIpc) is 3.27. The van der Waals surface area contributed by atoms with Crippen LogP contribution in [-0.2, 0) is 26.5 Å². The van der Waals surface area contributed by atoms with Crippen molar-refractivity contribution >= 4 is 31.6 Å². The molecule has 1 aliphatic heterocycles. The SMILES string of the molecule is CN(C)S(=O)(=O)c1ccc(N2CCCC2)c(C(=O)NCCc2ccc(S(N)(=O)=O)cc2)c1. The highest BCUT2D eigenvalue weighted by molar-refractivity contribution is 7.89. The fourth-order valence-corrected chi connectivity index (χ4v) is 5.01. The summed E-state index contributed by atoms with van der Waals surface area (Å²) < 4.78 is 49.0. The lowest BCUT2D eigenvalue weighted by Crippen LogP contribution is -2.30. The number of rotatable bonds is 8. The summed E-state index contributed by atoms with van der Waals surface area (Å²) in [5.74, 6) is -0.358. The van der Waals surface area contributed by atoms with Gasteiger partial charge in [-0.05, 0) is 55.2 Å². The van der Waals surface area contributed by atoms with E-state index >= 15 is 0 Å². The van der Waals surface area contributed by atoms with E-state index in [1.54, 1.807) is 18.2 Å². The summed E-state index contributed by atoms with van der Waals surface area (Å²) in [4.78, 5) is 15.2. The van der Waals surface area contributed by atoms with Gasteiger partial charge in [-0.15, -0.1) is 0 Å². The van der Waals surface area contributed by atoms with Crippen molar-refractivity contribution in [3.8, 4) is 0 Å². The number of carbonyl (C=O) groups excluding carboxylic acids is 1. The first kappa shape index (κ1) is 24.2. The molecule has 0 aromatic heterocycles. The number of primary sulfonamides is 1. The number of carbonyl (C=O) groups is 1. The zero-order valence-corrected chi connectivity index (χ0v) is 19.7. The topological polar surface area (TPSA) is 130 Å². The predicted molar refractivity (Wildman–Crippen MR) is 123 cm³/mol. The van der Waals surface area contributed by atoms with Crippen molar-refractivity contribution in [3.63, 3.8) is 0 Å². The molecule has 0 radical (unpaired) electrons. The zero-order valence-electron chi connectivity index (χ0n) is 18.1. The highest BCUT2D eigenvalue weighted by atomic mass is 32.2. The third kappa shape index (κ3) is 5.47. The second-order valence-corrected chi connectivity index (χ2v) is 11.6. The standard InChI is InChI=1S/C21H28N4O5S2/c1-24(2)32(29,30)18-9-10-20(25-13-3-4-14-25)19(15-18)21(26)23-12-11-16-5-7-17(8-6-16)31(22,27)28/h5-10,15H,3-4,11-14H2,1-2H3,(H,23,26)(H2,22,27,28). The lowest BCUT2D eigenvalue weighted by Gasteiger charge is -2.22. The van der Waals surface area contributed by atoms with Crippen molar-refractivity contribution in [1.82, 2.24) is 9.62 Å². The van der Waals surface area contributed by atoms with Crippen molar-refractivity contribution in [3.05, 3.63) is 53.6 Å². The van der Waals surface area contributed by atoms with Crippen molar-refractivity contribution in [2.45, 2.75) is 29.1 Å². The van der Waals surface area contributed by atoms with E-state index < -0.39 is 20.0 Å². The Morgan fingerprint density at radius 2 is 1.59 bits per heavy atom. The van der Waals surface area contributed by atoms with E-state index in [2.05, 4.69) is 10.2 Å². The molecule has 32 heavy (non-hydrogen) atoms. The quantitative estimate of drug-likeness (QED) is 0.583. The maximum absolute atomic E-state index is 13.0. The molecule has 0 atom stereocenters. The summed E-state index contributed by atoms with van der Waals surface area (Å²) >= 11 is 0. The monoisotopic (exact) mass is 480 g/mol. The van der Waals surface area contributed by atoms with Gasteiger partial charge in [-0.1, -0.05) is 12.1 Å². The highest BCUT2D eigenvalue weighted by Crippen LogP contribution is 2.28. The Kier molecular flexibility index (Phi) is 7.23. The molecule has 3 rings (SSSR count). The molecule has 9 nitrogen and oxygen atoms in total. The number of amides is 1. The number of hydrogen-bond donors (Lipinski definition) is 2. The van der Waals surface area contributed by atoms with Crippen LogP contribution in [0.2, 0.25) is 0 Å². The number of benzene rings is 2. The molecule has 0 saturated carbocycles. The van der Waals surface area contributed by atoms with Crippen LogP contribution in [0.1, 0.15) is 28.8 Å². The summed E-state index contributed by atoms with van der Waals surface area (Å²) in [6.45, 7) is 1.94. The molecule has 11 heteroatoms. The van der Waals surface area contributed by atoms with Crippen LogP contribution in [0, 0.1) is 0 Å². The Morgan fingerprint density at radius 3 is 2.16 bits per heavy atom. The van der Waals surface area contributed by atoms with Crippen LogP contribution in [0.15, 0.2) is 52.3 Å². The van der Waals surface area contributed by atoms with Gasteiger partial charge in [-0.3, -0.25) is 4.79 Å². The number of hydrogen-bond acceptors (Lipinski definition) is 6. The van der Waals surface area contributed by atoms with Crippen LogP contribution in [-0.4, -0.2) is 60.8 Å². The molecule has 3 N–H and O–H groups in total. The number of sulfonamides is 2. The Balaban J connectivity index is 1.78. The van der Waals surface area contributed by atoms with E-state index in [0.29, 0.717) is 18.5 Å². The fraction of sp³-hybridized carbons (Fsp3) is 0.381. The van der Waals surface area contributed by atoms with Gasteiger partial charge >= 0.3 is 0 Å². The van der Waals surface area contributed by atoms with Gasteiger partial charge in [0.2, 0.25) is 20.0 Å². The van der Waals surface area contributed by atoms with Crippen LogP contribution in [0.25, 0.3) is 0 Å². The first-order valence-electron chi connectivity index (χ1n) is 10.2. The first-order chi connectivity index (χ1) is 15.0. The summed E-state index contributed by atoms with van der Waals surface area (Å²) in [7, 11) is -4.53. The van der Waals surface area contributed by atoms with Crippen LogP contribution in [0.5, 0.6) is 0 Å². The number of nitrogens with zero attached hydrogens (tertiary/aromatic N) is 2. The number of anilines is 1. The number of nitrogens with two attached hydrogens (primary N) is 1. The van der Waals surface area contributed by atoms with Gasteiger partial charge in [0.25, 0.3) is 5.91 Å². The van der Waals surface area contributed by atoms with E-state index in [9.17, 15) is 21.6 Å². The molecule has 0 aliphatic carbocycles. The van der Waals surface area contributed by atoms with Crippen molar-refractivity contribution < 1.29 is 21.6 Å². The van der Waals surface area contributed by atoms with Crippen LogP contribution in [0.4, 0.5) is 5.69 Å². The van der Waals surface area contributed by atoms with Gasteiger partial charge in [0, 0.05) is 39.4 Å².